The van der Waals surface area contributed by atoms with Gasteiger partial charge >= 0.3 is 5.97 Å². The first-order valence-corrected chi connectivity index (χ1v) is 4.88. The van der Waals surface area contributed by atoms with Gasteiger partial charge in [-0.15, -0.1) is 0 Å². The van der Waals surface area contributed by atoms with Crippen molar-refractivity contribution < 1.29 is 14.3 Å². The van der Waals surface area contributed by atoms with Crippen molar-refractivity contribution in [1.82, 2.24) is 0 Å². The van der Waals surface area contributed by atoms with Gasteiger partial charge in [0, 0.05) is 12.8 Å². The Balaban J connectivity index is 5.07. The van der Waals surface area contributed by atoms with Gasteiger partial charge in [-0.05, 0) is 19.8 Å². The van der Waals surface area contributed by atoms with E-state index in [9.17, 15) is 9.59 Å². The lowest BCUT2D eigenvalue weighted by molar-refractivity contribution is -0.158. The largest absolute Gasteiger partial charge is 0.468 e. The Labute approximate surface area is 94.6 Å². The fraction of sp³-hybridized carbons (Fsp3) is 0.636. The van der Waals surface area contributed by atoms with Crippen LogP contribution < -0.4 is 0 Å². The van der Waals surface area contributed by atoms with Crippen LogP contribution in [-0.4, -0.2) is 18.9 Å². The van der Waals surface area contributed by atoms with Crippen LogP contribution in [0.5, 0.6) is 0 Å². The predicted molar refractivity (Wildman–Crippen MR) is 54.8 cm³/mol. The van der Waals surface area contributed by atoms with Crippen LogP contribution >= 0.6 is 0 Å². The van der Waals surface area contributed by atoms with Crippen LogP contribution in [0.1, 0.15) is 32.6 Å². The van der Waals surface area contributed by atoms with Crippen molar-refractivity contribution in [3.8, 4) is 12.1 Å². The second-order valence-electron chi connectivity index (χ2n) is 3.45. The summed E-state index contributed by atoms with van der Waals surface area (Å²) in [6.45, 7) is 1.28. The van der Waals surface area contributed by atoms with E-state index in [1.807, 2.05) is 12.1 Å². The lowest BCUT2D eigenvalue weighted by Gasteiger charge is -2.26. The molecule has 16 heavy (non-hydrogen) atoms. The zero-order chi connectivity index (χ0) is 12.6. The van der Waals surface area contributed by atoms with Gasteiger partial charge in [0.1, 0.15) is 11.2 Å². The third kappa shape index (κ3) is 3.06. The summed E-state index contributed by atoms with van der Waals surface area (Å²) in [6, 6.07) is 3.78. The fourth-order valence-electron chi connectivity index (χ4n) is 1.56. The third-order valence-corrected chi connectivity index (χ3v) is 2.58. The van der Waals surface area contributed by atoms with Crippen LogP contribution in [0.3, 0.4) is 0 Å². The van der Waals surface area contributed by atoms with Crippen molar-refractivity contribution in [3.63, 3.8) is 0 Å². The van der Waals surface area contributed by atoms with E-state index in [4.69, 9.17) is 10.5 Å². The summed E-state index contributed by atoms with van der Waals surface area (Å²) in [4.78, 5) is 23.2. The molecular weight excluding hydrogens is 208 g/mol. The minimum absolute atomic E-state index is 0.0834. The van der Waals surface area contributed by atoms with Gasteiger partial charge in [0.15, 0.2) is 0 Å². The zero-order valence-electron chi connectivity index (χ0n) is 9.45. The Bertz CT molecular complexity index is 331. The Morgan fingerprint density at radius 3 is 1.88 bits per heavy atom. The molecule has 0 aliphatic rings. The summed E-state index contributed by atoms with van der Waals surface area (Å²) < 4.78 is 4.59. The SMILES string of the molecule is COC(=O)C(CCC#N)(CCC#N)C(C)=O. The number of ether oxygens (including phenoxy) is 1. The second kappa shape index (κ2) is 6.58. The van der Waals surface area contributed by atoms with Gasteiger partial charge in [-0.2, -0.15) is 10.5 Å². The van der Waals surface area contributed by atoms with Crippen molar-refractivity contribution in [2.24, 2.45) is 5.41 Å². The standard InChI is InChI=1S/C11H14N2O3/c1-9(14)11(5-3-7-12,6-4-8-13)10(15)16-2/h3-6H2,1-2H3. The first kappa shape index (κ1) is 14.1. The fourth-order valence-corrected chi connectivity index (χ4v) is 1.56. The smallest absolute Gasteiger partial charge is 0.319 e. The molecule has 0 aromatic heterocycles. The van der Waals surface area contributed by atoms with Crippen LogP contribution in [-0.2, 0) is 14.3 Å². The molecule has 5 heteroatoms. The maximum Gasteiger partial charge on any atom is 0.319 e. The van der Waals surface area contributed by atoms with Crippen molar-refractivity contribution in [2.75, 3.05) is 7.11 Å². The quantitative estimate of drug-likeness (QED) is 0.499. The molecule has 0 N–H and O–H groups in total. The number of ketones is 1. The van der Waals surface area contributed by atoms with Crippen molar-refractivity contribution in [1.29, 1.82) is 10.5 Å². The minimum atomic E-state index is -1.33. The molecule has 0 aliphatic carbocycles. The molecular formula is C11H14N2O3. The lowest BCUT2D eigenvalue weighted by Crippen LogP contribution is -2.39. The van der Waals surface area contributed by atoms with Gasteiger partial charge in [0.2, 0.25) is 0 Å². The monoisotopic (exact) mass is 222 g/mol. The van der Waals surface area contributed by atoms with Crippen molar-refractivity contribution >= 4 is 11.8 Å². The van der Waals surface area contributed by atoms with Crippen LogP contribution in [0.15, 0.2) is 0 Å². The number of hydrogen-bond acceptors (Lipinski definition) is 5. The number of nitriles is 2. The molecule has 0 atom stereocenters. The minimum Gasteiger partial charge on any atom is -0.468 e. The average Bonchev–Trinajstić information content (AvgIpc) is 2.28. The number of rotatable bonds is 6. The molecule has 0 heterocycles. The molecule has 0 amide bonds. The third-order valence-electron chi connectivity index (χ3n) is 2.58. The van der Waals surface area contributed by atoms with E-state index in [-0.39, 0.29) is 31.5 Å². The van der Waals surface area contributed by atoms with Gasteiger partial charge in [-0.3, -0.25) is 9.59 Å². The topological polar surface area (TPSA) is 90.9 Å². The molecule has 0 saturated carbocycles. The lowest BCUT2D eigenvalue weighted by atomic mass is 9.76. The summed E-state index contributed by atoms with van der Waals surface area (Å²) in [5.74, 6) is -1.02. The van der Waals surface area contributed by atoms with Crippen LogP contribution in [0.4, 0.5) is 0 Å². The highest BCUT2D eigenvalue weighted by Crippen LogP contribution is 2.32. The number of carbonyl (C=O) groups excluding carboxylic acids is 2. The van der Waals surface area contributed by atoms with Gasteiger partial charge in [0.05, 0.1) is 19.2 Å². The summed E-state index contributed by atoms with van der Waals surface area (Å²) in [7, 11) is 1.19. The number of esters is 1. The highest BCUT2D eigenvalue weighted by Gasteiger charge is 2.43. The Morgan fingerprint density at radius 2 is 1.62 bits per heavy atom. The number of nitrogens with zero attached hydrogens (tertiary/aromatic N) is 2. The molecule has 0 aromatic rings. The van der Waals surface area contributed by atoms with Crippen LogP contribution in [0.25, 0.3) is 0 Å². The highest BCUT2D eigenvalue weighted by atomic mass is 16.5. The van der Waals surface area contributed by atoms with Gasteiger partial charge in [-0.1, -0.05) is 0 Å². The number of methoxy groups -OCH3 is 1. The summed E-state index contributed by atoms with van der Waals surface area (Å²) in [6.07, 6.45) is 0.376. The van der Waals surface area contributed by atoms with Crippen LogP contribution in [0.2, 0.25) is 0 Å². The second-order valence-corrected chi connectivity index (χ2v) is 3.45. The van der Waals surface area contributed by atoms with E-state index >= 15 is 0 Å². The van der Waals surface area contributed by atoms with E-state index < -0.39 is 11.4 Å². The Kier molecular flexibility index (Phi) is 5.80. The first-order chi connectivity index (χ1) is 7.55. The summed E-state index contributed by atoms with van der Waals surface area (Å²) >= 11 is 0. The normalized spacial score (nSPS) is 10.0. The van der Waals surface area contributed by atoms with Crippen molar-refractivity contribution in [2.45, 2.75) is 32.6 Å². The molecule has 0 fully saturated rings. The molecule has 0 aliphatic heterocycles. The van der Waals surface area contributed by atoms with Crippen molar-refractivity contribution in [3.05, 3.63) is 0 Å². The Morgan fingerprint density at radius 1 is 1.19 bits per heavy atom. The van der Waals surface area contributed by atoms with E-state index in [0.717, 1.165) is 0 Å². The number of hydrogen-bond donors (Lipinski definition) is 0. The molecule has 0 unspecified atom stereocenters. The van der Waals surface area contributed by atoms with Gasteiger partial charge < -0.3 is 4.74 Å². The van der Waals surface area contributed by atoms with E-state index in [0.29, 0.717) is 0 Å². The average molecular weight is 222 g/mol. The zero-order valence-corrected chi connectivity index (χ0v) is 9.45. The number of Topliss-reactive ketones (excluding diaryl/α,β-unsaturated/α-hetero) is 1. The number of carbonyl (C=O) groups is 2. The molecule has 0 rings (SSSR count). The molecule has 0 aromatic carbocycles. The molecule has 0 bridgehead atoms. The first-order valence-electron chi connectivity index (χ1n) is 4.88. The van der Waals surface area contributed by atoms with E-state index in [1.54, 1.807) is 0 Å². The van der Waals surface area contributed by atoms with E-state index in [2.05, 4.69) is 4.74 Å². The van der Waals surface area contributed by atoms with Gasteiger partial charge in [0.25, 0.3) is 0 Å². The molecule has 5 nitrogen and oxygen atoms in total. The Hall–Kier alpha value is -1.88. The maximum atomic E-state index is 11.6. The highest BCUT2D eigenvalue weighted by molar-refractivity contribution is 6.02. The van der Waals surface area contributed by atoms with E-state index in [1.165, 1.54) is 14.0 Å². The predicted octanol–water partition coefficient (Wildman–Crippen LogP) is 1.34. The molecule has 0 radical (unpaired) electrons. The summed E-state index contributed by atoms with van der Waals surface area (Å²) in [5, 5.41) is 17.0. The molecule has 0 saturated heterocycles. The maximum absolute atomic E-state index is 11.6. The molecule has 0 spiro atoms. The molecule has 86 valence electrons. The van der Waals surface area contributed by atoms with Crippen LogP contribution in [0, 0.1) is 28.1 Å². The summed E-state index contributed by atoms with van der Waals surface area (Å²) in [5.41, 5.74) is -1.33. The van der Waals surface area contributed by atoms with Gasteiger partial charge in [-0.25, -0.2) is 0 Å².